The van der Waals surface area contributed by atoms with Gasteiger partial charge in [0.05, 0.1) is 0 Å². The molecule has 0 atom stereocenters. The van der Waals surface area contributed by atoms with Crippen LogP contribution in [0.2, 0.25) is 0 Å². The van der Waals surface area contributed by atoms with Crippen LogP contribution in [-0.2, 0) is 10.3 Å². The van der Waals surface area contributed by atoms with E-state index in [1.165, 1.54) is 74.9 Å². The van der Waals surface area contributed by atoms with Gasteiger partial charge in [0.2, 0.25) is 0 Å². The average molecular weight is 421 g/mol. The topological polar surface area (TPSA) is 69.6 Å². The van der Waals surface area contributed by atoms with Crippen molar-refractivity contribution in [1.82, 2.24) is 9.62 Å². The minimum atomic E-state index is -4.07. The predicted molar refractivity (Wildman–Crippen MR) is 121 cm³/mol. The van der Waals surface area contributed by atoms with Crippen molar-refractivity contribution in [2.75, 3.05) is 26.2 Å². The van der Waals surface area contributed by atoms with Crippen molar-refractivity contribution in [3.8, 4) is 0 Å². The van der Waals surface area contributed by atoms with E-state index in [9.17, 15) is 13.0 Å². The molecule has 0 unspecified atom stereocenters. The monoisotopic (exact) mass is 420 g/mol. The van der Waals surface area contributed by atoms with Gasteiger partial charge in [0.25, 0.3) is 0 Å². The van der Waals surface area contributed by atoms with Gasteiger partial charge in [0.15, 0.2) is 0 Å². The number of rotatable bonds is 22. The van der Waals surface area contributed by atoms with Crippen molar-refractivity contribution >= 4 is 10.3 Å². The maximum atomic E-state index is 11.5. The van der Waals surface area contributed by atoms with Gasteiger partial charge in [-0.05, 0) is 38.8 Å². The summed E-state index contributed by atoms with van der Waals surface area (Å²) in [7, 11) is -4.07. The van der Waals surface area contributed by atoms with Crippen molar-refractivity contribution in [3.05, 3.63) is 0 Å². The molecule has 0 aliphatic heterocycles. The summed E-state index contributed by atoms with van der Waals surface area (Å²) in [6.07, 6.45) is 19.2. The van der Waals surface area contributed by atoms with Crippen molar-refractivity contribution in [2.45, 2.75) is 117 Å². The highest BCUT2D eigenvalue weighted by Gasteiger charge is 2.17. The van der Waals surface area contributed by atoms with Crippen LogP contribution in [0.5, 0.6) is 0 Å². The quantitative estimate of drug-likeness (QED) is 0.167. The van der Waals surface area contributed by atoms with Crippen LogP contribution in [0.25, 0.3) is 0 Å². The van der Waals surface area contributed by atoms with Gasteiger partial charge < -0.3 is 5.32 Å². The first kappa shape index (κ1) is 27.8. The number of hydrogen-bond donors (Lipinski definition) is 2. The van der Waals surface area contributed by atoms with E-state index < -0.39 is 10.3 Å². The molecular weight excluding hydrogens is 372 g/mol. The van der Waals surface area contributed by atoms with Crippen LogP contribution in [0.1, 0.15) is 117 Å². The first-order valence-electron chi connectivity index (χ1n) is 12.0. The molecule has 0 spiro atoms. The lowest BCUT2D eigenvalue weighted by molar-refractivity contribution is 0.336. The molecule has 6 heteroatoms. The molecular formula is C22H48N2O3S. The lowest BCUT2D eigenvalue weighted by Gasteiger charge is -2.18. The molecule has 0 fully saturated rings. The second-order valence-electron chi connectivity index (χ2n) is 8.08. The SMILES string of the molecule is CCCCCCCCCCCCCCN(CCCCNCCCC)S(=O)(=O)O. The van der Waals surface area contributed by atoms with E-state index in [2.05, 4.69) is 19.2 Å². The molecule has 0 aromatic rings. The Balaban J connectivity index is 3.61. The molecule has 0 aromatic heterocycles. The molecule has 28 heavy (non-hydrogen) atoms. The Kier molecular flexibility index (Phi) is 20.0. The van der Waals surface area contributed by atoms with Crippen LogP contribution in [0, 0.1) is 0 Å². The Labute approximate surface area is 175 Å². The van der Waals surface area contributed by atoms with Gasteiger partial charge in [-0.2, -0.15) is 12.7 Å². The fourth-order valence-electron chi connectivity index (χ4n) is 3.44. The van der Waals surface area contributed by atoms with E-state index in [1.54, 1.807) is 0 Å². The largest absolute Gasteiger partial charge is 0.335 e. The third-order valence-electron chi connectivity index (χ3n) is 5.31. The predicted octanol–water partition coefficient (Wildman–Crippen LogP) is 5.96. The minimum Gasteiger partial charge on any atom is -0.317 e. The second-order valence-corrected chi connectivity index (χ2v) is 9.49. The number of hydrogen-bond acceptors (Lipinski definition) is 3. The number of unbranched alkanes of at least 4 members (excludes halogenated alkanes) is 13. The zero-order valence-electron chi connectivity index (χ0n) is 18.8. The molecule has 170 valence electrons. The maximum absolute atomic E-state index is 11.5. The van der Waals surface area contributed by atoms with Gasteiger partial charge in [0, 0.05) is 13.1 Å². The molecule has 0 aliphatic carbocycles. The van der Waals surface area contributed by atoms with Crippen LogP contribution in [0.3, 0.4) is 0 Å². The first-order chi connectivity index (χ1) is 13.5. The highest BCUT2D eigenvalue weighted by molar-refractivity contribution is 7.83. The van der Waals surface area contributed by atoms with Crippen LogP contribution in [-0.4, -0.2) is 43.5 Å². The van der Waals surface area contributed by atoms with Crippen molar-refractivity contribution in [1.29, 1.82) is 0 Å². The summed E-state index contributed by atoms with van der Waals surface area (Å²) >= 11 is 0. The van der Waals surface area contributed by atoms with Crippen molar-refractivity contribution in [3.63, 3.8) is 0 Å². The van der Waals surface area contributed by atoms with E-state index >= 15 is 0 Å². The number of nitrogens with one attached hydrogen (secondary N) is 1. The smallest absolute Gasteiger partial charge is 0.317 e. The average Bonchev–Trinajstić information content (AvgIpc) is 2.65. The molecule has 0 heterocycles. The van der Waals surface area contributed by atoms with E-state index in [1.807, 2.05) is 0 Å². The van der Waals surface area contributed by atoms with E-state index in [-0.39, 0.29) is 0 Å². The van der Waals surface area contributed by atoms with Crippen LogP contribution in [0.4, 0.5) is 0 Å². The highest BCUT2D eigenvalue weighted by Crippen LogP contribution is 2.12. The molecule has 0 saturated heterocycles. The third kappa shape index (κ3) is 19.2. The Bertz CT molecular complexity index is 416. The summed E-state index contributed by atoms with van der Waals surface area (Å²) in [6.45, 7) is 7.23. The summed E-state index contributed by atoms with van der Waals surface area (Å²) in [5, 5.41) is 3.36. The number of nitrogens with zero attached hydrogens (tertiary/aromatic N) is 1. The maximum Gasteiger partial charge on any atom is 0.335 e. The van der Waals surface area contributed by atoms with E-state index in [0.717, 1.165) is 45.2 Å². The Hall–Kier alpha value is -0.170. The normalized spacial score (nSPS) is 12.1. The Morgan fingerprint density at radius 1 is 0.607 bits per heavy atom. The molecule has 0 bridgehead atoms. The van der Waals surface area contributed by atoms with Gasteiger partial charge in [-0.25, -0.2) is 0 Å². The minimum absolute atomic E-state index is 0.423. The molecule has 2 N–H and O–H groups in total. The van der Waals surface area contributed by atoms with Gasteiger partial charge in [-0.15, -0.1) is 0 Å². The van der Waals surface area contributed by atoms with Gasteiger partial charge >= 0.3 is 10.3 Å². The molecule has 0 rings (SSSR count). The van der Waals surface area contributed by atoms with Crippen LogP contribution < -0.4 is 5.32 Å². The Morgan fingerprint density at radius 2 is 1.00 bits per heavy atom. The summed E-state index contributed by atoms with van der Waals surface area (Å²) < 4.78 is 33.7. The van der Waals surface area contributed by atoms with Crippen molar-refractivity contribution < 1.29 is 13.0 Å². The molecule has 5 nitrogen and oxygen atoms in total. The van der Waals surface area contributed by atoms with Gasteiger partial charge in [0.1, 0.15) is 0 Å². The van der Waals surface area contributed by atoms with Gasteiger partial charge in [-0.3, -0.25) is 4.55 Å². The summed E-state index contributed by atoms with van der Waals surface area (Å²) in [5.74, 6) is 0. The molecule has 0 aliphatic rings. The highest BCUT2D eigenvalue weighted by atomic mass is 32.2. The summed E-state index contributed by atoms with van der Waals surface area (Å²) in [4.78, 5) is 0. The summed E-state index contributed by atoms with van der Waals surface area (Å²) in [5.41, 5.74) is 0. The lowest BCUT2D eigenvalue weighted by atomic mass is 10.1. The van der Waals surface area contributed by atoms with Gasteiger partial charge in [-0.1, -0.05) is 90.9 Å². The standard InChI is InChI=1S/C22H48N2O3S/c1-3-5-7-8-9-10-11-12-13-14-15-17-21-24(28(25,26)27)22-18-16-20-23-19-6-4-2/h23H,3-22H2,1-2H3,(H,25,26,27). The molecule has 0 saturated carbocycles. The van der Waals surface area contributed by atoms with Crippen LogP contribution in [0.15, 0.2) is 0 Å². The van der Waals surface area contributed by atoms with E-state index in [4.69, 9.17) is 0 Å². The fourth-order valence-corrected chi connectivity index (χ4v) is 4.16. The zero-order valence-corrected chi connectivity index (χ0v) is 19.6. The zero-order chi connectivity index (χ0) is 20.9. The fraction of sp³-hybridized carbons (Fsp3) is 1.00. The molecule has 0 radical (unpaired) electrons. The van der Waals surface area contributed by atoms with E-state index in [0.29, 0.717) is 13.1 Å². The van der Waals surface area contributed by atoms with Crippen LogP contribution >= 0.6 is 0 Å². The summed E-state index contributed by atoms with van der Waals surface area (Å²) in [6, 6.07) is 0. The third-order valence-corrected chi connectivity index (χ3v) is 6.32. The first-order valence-corrected chi connectivity index (χ1v) is 13.3. The lowest BCUT2D eigenvalue weighted by Crippen LogP contribution is -2.32. The van der Waals surface area contributed by atoms with Crippen molar-refractivity contribution in [2.24, 2.45) is 0 Å². The molecule has 0 aromatic carbocycles. The Morgan fingerprint density at radius 3 is 1.46 bits per heavy atom. The molecule has 0 amide bonds. The second kappa shape index (κ2) is 20.1.